The van der Waals surface area contributed by atoms with Crippen molar-refractivity contribution < 1.29 is 9.53 Å². The quantitative estimate of drug-likeness (QED) is 0.903. The zero-order valence-electron chi connectivity index (χ0n) is 12.3. The average molecular weight is 284 g/mol. The normalized spacial score (nSPS) is 31.2. The summed E-state index contributed by atoms with van der Waals surface area (Å²) >= 11 is 0. The summed E-state index contributed by atoms with van der Waals surface area (Å²) in [7, 11) is 0. The number of hydrogen-bond acceptors (Lipinski definition) is 3. The van der Waals surface area contributed by atoms with Crippen LogP contribution in [0.15, 0.2) is 24.3 Å². The highest BCUT2D eigenvalue weighted by molar-refractivity contribution is 5.81. The van der Waals surface area contributed by atoms with E-state index in [0.29, 0.717) is 19.4 Å². The molecule has 1 fully saturated rings. The Balaban J connectivity index is 1.77. The lowest BCUT2D eigenvalue weighted by molar-refractivity contribution is -0.127. The Kier molecular flexibility index (Phi) is 3.69. The third-order valence-electron chi connectivity index (χ3n) is 4.72. The molecule has 1 aromatic carbocycles. The maximum absolute atomic E-state index is 12.5. The molecule has 1 aliphatic heterocycles. The van der Waals surface area contributed by atoms with Crippen LogP contribution in [0.2, 0.25) is 0 Å². The number of amides is 1. The summed E-state index contributed by atoms with van der Waals surface area (Å²) in [6.07, 6.45) is 2.78. The zero-order chi connectivity index (χ0) is 14.9. The van der Waals surface area contributed by atoms with E-state index in [0.717, 1.165) is 12.8 Å². The van der Waals surface area contributed by atoms with E-state index >= 15 is 0 Å². The number of nitrogens with zero attached hydrogens (tertiary/aromatic N) is 1. The first-order chi connectivity index (χ1) is 10.1. The number of carbonyl (C=O) groups excluding carboxylic acids is 1. The fraction of sp³-hybridized carbons (Fsp3) is 0.529. The van der Waals surface area contributed by atoms with Gasteiger partial charge in [-0.05, 0) is 37.3 Å². The van der Waals surface area contributed by atoms with Crippen molar-refractivity contribution in [1.29, 1.82) is 5.26 Å². The average Bonchev–Trinajstić information content (AvgIpc) is 2.93. The molecule has 4 nitrogen and oxygen atoms in total. The second-order valence-electron chi connectivity index (χ2n) is 6.10. The van der Waals surface area contributed by atoms with Gasteiger partial charge in [-0.25, -0.2) is 0 Å². The summed E-state index contributed by atoms with van der Waals surface area (Å²) in [6, 6.07) is 10.5. The number of nitrogens with one attached hydrogen (secondary N) is 1. The fourth-order valence-electron chi connectivity index (χ4n) is 3.37. The van der Waals surface area contributed by atoms with E-state index in [1.165, 1.54) is 11.1 Å². The molecular formula is C17H20N2O2. The first kappa shape index (κ1) is 14.1. The number of nitriles is 1. The lowest BCUT2D eigenvalue weighted by atomic mass is 9.78. The van der Waals surface area contributed by atoms with Gasteiger partial charge in [-0.15, -0.1) is 0 Å². The molecule has 0 spiro atoms. The van der Waals surface area contributed by atoms with Crippen molar-refractivity contribution in [3.8, 4) is 6.07 Å². The van der Waals surface area contributed by atoms with E-state index in [2.05, 4.69) is 17.5 Å². The highest BCUT2D eigenvalue weighted by atomic mass is 16.5. The molecule has 2 aliphatic rings. The standard InChI is InChI=1S/C17H20N2O2/c1-12-15(7-9-21-12)16(20)19-17(11-18)8-6-13-4-2-3-5-14(13)10-17/h2-5,12,15H,6-10H2,1H3,(H,19,20). The molecular weight excluding hydrogens is 264 g/mol. The Hall–Kier alpha value is -1.86. The third-order valence-corrected chi connectivity index (χ3v) is 4.72. The molecule has 0 saturated carbocycles. The lowest BCUT2D eigenvalue weighted by Crippen LogP contribution is -2.53. The highest BCUT2D eigenvalue weighted by Crippen LogP contribution is 2.30. The molecule has 1 N–H and O–H groups in total. The van der Waals surface area contributed by atoms with Crippen molar-refractivity contribution in [3.05, 3.63) is 35.4 Å². The van der Waals surface area contributed by atoms with Crippen molar-refractivity contribution in [2.24, 2.45) is 5.92 Å². The monoisotopic (exact) mass is 284 g/mol. The molecule has 1 aliphatic carbocycles. The summed E-state index contributed by atoms with van der Waals surface area (Å²) in [5.74, 6) is -0.173. The van der Waals surface area contributed by atoms with Crippen LogP contribution in [0.5, 0.6) is 0 Å². The van der Waals surface area contributed by atoms with E-state index in [1.807, 2.05) is 25.1 Å². The van der Waals surface area contributed by atoms with E-state index in [1.54, 1.807) is 0 Å². The minimum absolute atomic E-state index is 0.0408. The predicted molar refractivity (Wildman–Crippen MR) is 78.5 cm³/mol. The number of rotatable bonds is 2. The van der Waals surface area contributed by atoms with Gasteiger partial charge in [-0.2, -0.15) is 5.26 Å². The molecule has 3 rings (SSSR count). The van der Waals surface area contributed by atoms with E-state index in [-0.39, 0.29) is 17.9 Å². The van der Waals surface area contributed by atoms with Gasteiger partial charge < -0.3 is 10.1 Å². The first-order valence-corrected chi connectivity index (χ1v) is 7.55. The molecule has 3 unspecified atom stereocenters. The van der Waals surface area contributed by atoms with E-state index in [9.17, 15) is 10.1 Å². The van der Waals surface area contributed by atoms with Gasteiger partial charge in [0.15, 0.2) is 0 Å². The molecule has 1 aromatic rings. The molecule has 21 heavy (non-hydrogen) atoms. The van der Waals surface area contributed by atoms with E-state index < -0.39 is 5.54 Å². The van der Waals surface area contributed by atoms with Crippen molar-refractivity contribution >= 4 is 5.91 Å². The van der Waals surface area contributed by atoms with E-state index in [4.69, 9.17) is 4.74 Å². The summed E-state index contributed by atoms with van der Waals surface area (Å²) in [5, 5.41) is 12.6. The summed E-state index contributed by atoms with van der Waals surface area (Å²) < 4.78 is 5.45. The van der Waals surface area contributed by atoms with Crippen LogP contribution in [0.25, 0.3) is 0 Å². The molecule has 0 radical (unpaired) electrons. The third kappa shape index (κ3) is 2.66. The summed E-state index contributed by atoms with van der Waals surface area (Å²) in [6.45, 7) is 2.55. The number of carbonyl (C=O) groups is 1. The van der Waals surface area contributed by atoms with Crippen LogP contribution in [0.4, 0.5) is 0 Å². The van der Waals surface area contributed by atoms with Crippen LogP contribution >= 0.6 is 0 Å². The number of aryl methyl sites for hydroxylation is 1. The van der Waals surface area contributed by atoms with Crippen molar-refractivity contribution in [2.45, 2.75) is 44.2 Å². The SMILES string of the molecule is CC1OCCC1C(=O)NC1(C#N)CCc2ccccc2C1. The first-order valence-electron chi connectivity index (χ1n) is 7.55. The smallest absolute Gasteiger partial charge is 0.227 e. The number of fused-ring (bicyclic) bond motifs is 1. The minimum atomic E-state index is -0.770. The van der Waals surface area contributed by atoms with Gasteiger partial charge in [0.25, 0.3) is 0 Å². The molecule has 1 saturated heterocycles. The molecule has 1 heterocycles. The molecule has 3 atom stereocenters. The van der Waals surface area contributed by atoms with Gasteiger partial charge in [0, 0.05) is 13.0 Å². The van der Waals surface area contributed by atoms with Crippen LogP contribution in [-0.2, 0) is 22.4 Å². The largest absolute Gasteiger partial charge is 0.378 e. The molecule has 4 heteroatoms. The lowest BCUT2D eigenvalue weighted by Gasteiger charge is -2.34. The second-order valence-corrected chi connectivity index (χ2v) is 6.10. The number of benzene rings is 1. The van der Waals surface area contributed by atoms with Crippen LogP contribution in [0.3, 0.4) is 0 Å². The van der Waals surface area contributed by atoms with Crippen LogP contribution in [-0.4, -0.2) is 24.2 Å². The van der Waals surface area contributed by atoms with Crippen molar-refractivity contribution in [3.63, 3.8) is 0 Å². The Labute approximate surface area is 125 Å². The Morgan fingerprint density at radius 3 is 2.86 bits per heavy atom. The summed E-state index contributed by atoms with van der Waals surface area (Å²) in [5.41, 5.74) is 1.69. The van der Waals surface area contributed by atoms with Crippen LogP contribution in [0.1, 0.15) is 30.9 Å². The highest BCUT2D eigenvalue weighted by Gasteiger charge is 2.39. The van der Waals surface area contributed by atoms with Crippen molar-refractivity contribution in [1.82, 2.24) is 5.32 Å². The molecule has 1 amide bonds. The fourth-order valence-corrected chi connectivity index (χ4v) is 3.37. The maximum Gasteiger partial charge on any atom is 0.227 e. The Morgan fingerprint density at radius 1 is 1.43 bits per heavy atom. The summed E-state index contributed by atoms with van der Waals surface area (Å²) in [4.78, 5) is 12.5. The molecule has 0 bridgehead atoms. The van der Waals surface area contributed by atoms with Gasteiger partial charge in [0.05, 0.1) is 18.1 Å². The van der Waals surface area contributed by atoms with Gasteiger partial charge >= 0.3 is 0 Å². The molecule has 110 valence electrons. The van der Waals surface area contributed by atoms with Crippen LogP contribution in [0, 0.1) is 17.2 Å². The number of ether oxygens (including phenoxy) is 1. The van der Waals surface area contributed by atoms with Gasteiger partial charge in [-0.3, -0.25) is 4.79 Å². The predicted octanol–water partition coefficient (Wildman–Crippen LogP) is 1.98. The van der Waals surface area contributed by atoms with Crippen molar-refractivity contribution in [2.75, 3.05) is 6.61 Å². The zero-order valence-corrected chi connectivity index (χ0v) is 12.3. The van der Waals surface area contributed by atoms with Gasteiger partial charge in [-0.1, -0.05) is 24.3 Å². The molecule has 0 aromatic heterocycles. The second kappa shape index (κ2) is 5.50. The van der Waals surface area contributed by atoms with Gasteiger partial charge in [0.2, 0.25) is 5.91 Å². The Morgan fingerprint density at radius 2 is 2.19 bits per heavy atom. The topological polar surface area (TPSA) is 62.1 Å². The maximum atomic E-state index is 12.5. The number of hydrogen-bond donors (Lipinski definition) is 1. The van der Waals surface area contributed by atoms with Gasteiger partial charge in [0.1, 0.15) is 5.54 Å². The minimum Gasteiger partial charge on any atom is -0.378 e. The Bertz CT molecular complexity index is 593. The van der Waals surface area contributed by atoms with Crippen LogP contribution < -0.4 is 5.32 Å².